The molecule has 2 aliphatic rings. The van der Waals surface area contributed by atoms with Crippen LogP contribution in [-0.2, 0) is 0 Å². The molecule has 2 rings (SSSR count). The van der Waals surface area contributed by atoms with Gasteiger partial charge in [-0.1, -0.05) is 18.1 Å². The Hall–Kier alpha value is -0.220. The van der Waals surface area contributed by atoms with Crippen LogP contribution in [0.4, 0.5) is 0 Å². The van der Waals surface area contributed by atoms with Gasteiger partial charge in [-0.2, -0.15) is 0 Å². The molecular weight excluding hydrogens is 188 g/mol. The zero-order valence-electron chi connectivity index (χ0n) is 5.78. The van der Waals surface area contributed by atoms with Gasteiger partial charge in [-0.05, 0) is 30.0 Å². The summed E-state index contributed by atoms with van der Waals surface area (Å²) in [7, 11) is 0. The molecule has 2 saturated carbocycles. The van der Waals surface area contributed by atoms with Crippen LogP contribution in [0.1, 0.15) is 19.3 Å². The van der Waals surface area contributed by atoms with Gasteiger partial charge in [0, 0.05) is 15.9 Å². The zero-order valence-corrected chi connectivity index (χ0v) is 7.37. The van der Waals surface area contributed by atoms with E-state index in [1.807, 2.05) is 0 Å². The minimum Gasteiger partial charge on any atom is -0.0983 e. The second kappa shape index (κ2) is 1.89. The van der Waals surface area contributed by atoms with Gasteiger partial charge in [0.05, 0.1) is 5.41 Å². The highest BCUT2D eigenvalue weighted by Crippen LogP contribution is 2.65. The molecule has 0 amide bonds. The van der Waals surface area contributed by atoms with Gasteiger partial charge >= 0.3 is 0 Å². The van der Waals surface area contributed by atoms with E-state index in [1.165, 1.54) is 24.8 Å². The van der Waals surface area contributed by atoms with Crippen LogP contribution in [-0.4, -0.2) is 0 Å². The van der Waals surface area contributed by atoms with Crippen molar-refractivity contribution in [3.05, 3.63) is 12.2 Å². The molecular formula is C9H9Br. The SMILES string of the molecule is C=C1CCC2CC12C#CBr. The Labute approximate surface area is 69.8 Å². The lowest BCUT2D eigenvalue weighted by Crippen LogP contribution is -1.95. The Balaban J connectivity index is 2.30. The maximum atomic E-state index is 4.04. The van der Waals surface area contributed by atoms with Gasteiger partial charge in [0.1, 0.15) is 0 Å². The minimum absolute atomic E-state index is 0.267. The van der Waals surface area contributed by atoms with Gasteiger partial charge in [-0.25, -0.2) is 0 Å². The summed E-state index contributed by atoms with van der Waals surface area (Å²) < 4.78 is 0. The van der Waals surface area contributed by atoms with Crippen molar-refractivity contribution in [2.24, 2.45) is 11.3 Å². The van der Waals surface area contributed by atoms with Crippen molar-refractivity contribution in [3.8, 4) is 10.8 Å². The summed E-state index contributed by atoms with van der Waals surface area (Å²) in [5, 5.41) is 0. The average Bonchev–Trinajstić information content (AvgIpc) is 2.53. The molecule has 0 heterocycles. The van der Waals surface area contributed by atoms with Crippen LogP contribution >= 0.6 is 15.9 Å². The van der Waals surface area contributed by atoms with Crippen LogP contribution in [0.3, 0.4) is 0 Å². The number of fused-ring (bicyclic) bond motifs is 1. The Kier molecular flexibility index (Phi) is 1.22. The molecule has 0 bridgehead atoms. The Morgan fingerprint density at radius 1 is 1.70 bits per heavy atom. The third kappa shape index (κ3) is 0.632. The first kappa shape index (κ1) is 6.49. The summed E-state index contributed by atoms with van der Waals surface area (Å²) in [6.45, 7) is 4.04. The van der Waals surface area contributed by atoms with E-state index in [9.17, 15) is 0 Å². The summed E-state index contributed by atoms with van der Waals surface area (Å²) in [5.41, 5.74) is 1.63. The molecule has 10 heavy (non-hydrogen) atoms. The fraction of sp³-hybridized carbons (Fsp3) is 0.556. The first-order valence-corrected chi connectivity index (χ1v) is 4.40. The van der Waals surface area contributed by atoms with Crippen LogP contribution in [0.5, 0.6) is 0 Å². The fourth-order valence-corrected chi connectivity index (χ4v) is 2.36. The van der Waals surface area contributed by atoms with Gasteiger partial charge in [0.2, 0.25) is 0 Å². The van der Waals surface area contributed by atoms with Crippen molar-refractivity contribution in [1.29, 1.82) is 0 Å². The van der Waals surface area contributed by atoms with Crippen LogP contribution in [0.15, 0.2) is 12.2 Å². The maximum Gasteiger partial charge on any atom is 0.0561 e. The molecule has 2 aliphatic carbocycles. The standard InChI is InChI=1S/C9H9Br/c1-7-2-3-8-6-9(7,8)4-5-10/h8H,1-3,6H2. The smallest absolute Gasteiger partial charge is 0.0561 e. The van der Waals surface area contributed by atoms with Crippen molar-refractivity contribution in [2.45, 2.75) is 19.3 Å². The number of allylic oxidation sites excluding steroid dienone is 1. The molecule has 2 atom stereocenters. The molecule has 1 heteroatoms. The number of hydrogen-bond acceptors (Lipinski definition) is 0. The van der Waals surface area contributed by atoms with Crippen molar-refractivity contribution >= 4 is 15.9 Å². The third-order valence-corrected chi connectivity index (χ3v) is 3.00. The molecule has 2 unspecified atom stereocenters. The molecule has 0 aromatic rings. The average molecular weight is 197 g/mol. The van der Waals surface area contributed by atoms with Crippen LogP contribution in [0.2, 0.25) is 0 Å². The van der Waals surface area contributed by atoms with Crippen molar-refractivity contribution < 1.29 is 0 Å². The molecule has 0 radical (unpaired) electrons. The molecule has 0 aromatic carbocycles. The Bertz CT molecular complexity index is 243. The van der Waals surface area contributed by atoms with Crippen LogP contribution in [0.25, 0.3) is 0 Å². The monoisotopic (exact) mass is 196 g/mol. The second-order valence-corrected chi connectivity index (χ2v) is 3.63. The van der Waals surface area contributed by atoms with Crippen molar-refractivity contribution in [1.82, 2.24) is 0 Å². The maximum absolute atomic E-state index is 4.04. The lowest BCUT2D eigenvalue weighted by molar-refractivity contribution is 0.760. The van der Waals surface area contributed by atoms with Crippen molar-refractivity contribution in [2.75, 3.05) is 0 Å². The number of halogens is 1. The summed E-state index contributed by atoms with van der Waals surface area (Å²) in [4.78, 5) is 2.82. The highest BCUT2D eigenvalue weighted by molar-refractivity contribution is 9.12. The fourth-order valence-electron chi connectivity index (χ4n) is 2.01. The molecule has 0 saturated heterocycles. The summed E-state index contributed by atoms with van der Waals surface area (Å²) in [5.74, 6) is 4.06. The number of hydrogen-bond donors (Lipinski definition) is 0. The van der Waals surface area contributed by atoms with E-state index in [0.29, 0.717) is 0 Å². The predicted octanol–water partition coefficient (Wildman–Crippen LogP) is 2.70. The topological polar surface area (TPSA) is 0 Å². The Morgan fingerprint density at radius 3 is 2.90 bits per heavy atom. The summed E-state index contributed by atoms with van der Waals surface area (Å²) in [6.07, 6.45) is 3.79. The zero-order chi connectivity index (χ0) is 7.19. The largest absolute Gasteiger partial charge is 0.0983 e. The quantitative estimate of drug-likeness (QED) is 0.413. The summed E-state index contributed by atoms with van der Waals surface area (Å²) in [6, 6.07) is 0. The van der Waals surface area contributed by atoms with Crippen LogP contribution in [0, 0.1) is 22.1 Å². The first-order chi connectivity index (χ1) is 4.79. The highest BCUT2D eigenvalue weighted by Gasteiger charge is 2.58. The third-order valence-electron chi connectivity index (χ3n) is 2.80. The molecule has 0 spiro atoms. The molecule has 2 fully saturated rings. The predicted molar refractivity (Wildman–Crippen MR) is 45.6 cm³/mol. The van der Waals surface area contributed by atoms with Gasteiger partial charge in [-0.15, -0.1) is 0 Å². The minimum atomic E-state index is 0.267. The van der Waals surface area contributed by atoms with E-state index < -0.39 is 0 Å². The van der Waals surface area contributed by atoms with E-state index >= 15 is 0 Å². The van der Waals surface area contributed by atoms with Crippen molar-refractivity contribution in [3.63, 3.8) is 0 Å². The summed E-state index contributed by atoms with van der Waals surface area (Å²) >= 11 is 3.15. The van der Waals surface area contributed by atoms with E-state index in [2.05, 4.69) is 33.3 Å². The highest BCUT2D eigenvalue weighted by atomic mass is 79.9. The molecule has 0 aromatic heterocycles. The van der Waals surface area contributed by atoms with E-state index in [-0.39, 0.29) is 5.41 Å². The second-order valence-electron chi connectivity index (χ2n) is 3.23. The van der Waals surface area contributed by atoms with Gasteiger partial charge in [0.15, 0.2) is 0 Å². The Morgan fingerprint density at radius 2 is 2.50 bits per heavy atom. The molecule has 0 N–H and O–H groups in total. The lowest BCUT2D eigenvalue weighted by atomic mass is 10.0. The van der Waals surface area contributed by atoms with Gasteiger partial charge in [-0.3, -0.25) is 0 Å². The molecule has 0 nitrogen and oxygen atoms in total. The van der Waals surface area contributed by atoms with Gasteiger partial charge < -0.3 is 0 Å². The van der Waals surface area contributed by atoms with E-state index in [4.69, 9.17) is 0 Å². The first-order valence-electron chi connectivity index (χ1n) is 3.60. The molecule has 0 aliphatic heterocycles. The van der Waals surface area contributed by atoms with E-state index in [1.54, 1.807) is 0 Å². The molecule has 52 valence electrons. The van der Waals surface area contributed by atoms with Gasteiger partial charge in [0.25, 0.3) is 0 Å². The van der Waals surface area contributed by atoms with E-state index in [0.717, 1.165) is 5.92 Å². The lowest BCUT2D eigenvalue weighted by Gasteiger charge is -2.03. The number of rotatable bonds is 0. The normalized spacial score (nSPS) is 42.1. The van der Waals surface area contributed by atoms with Crippen LogP contribution < -0.4 is 0 Å².